The molecule has 0 aliphatic carbocycles. The first-order chi connectivity index (χ1) is 8.74. The molecule has 0 aliphatic rings. The average Bonchev–Trinajstić information content (AvgIpc) is 2.41. The molecular weight excluding hydrogens is 222 g/mol. The van der Waals surface area contributed by atoms with Gasteiger partial charge in [0.25, 0.3) is 0 Å². The molecule has 1 aromatic heterocycles. The Morgan fingerprint density at radius 3 is 2.56 bits per heavy atom. The van der Waals surface area contributed by atoms with Crippen LogP contribution in [0.25, 0.3) is 22.2 Å². The number of aromatic nitrogens is 2. The molecule has 18 heavy (non-hydrogen) atoms. The molecule has 0 aliphatic heterocycles. The first-order valence-corrected chi connectivity index (χ1v) is 5.82. The number of aryl methyl sites for hydroxylation is 1. The van der Waals surface area contributed by atoms with Gasteiger partial charge in [-0.1, -0.05) is 36.4 Å². The molecule has 2 aromatic carbocycles. The Kier molecular flexibility index (Phi) is 2.45. The number of rotatable bonds is 1. The van der Waals surface area contributed by atoms with Crippen LogP contribution in [-0.4, -0.2) is 9.97 Å². The molecule has 0 fully saturated rings. The Morgan fingerprint density at radius 1 is 1.00 bits per heavy atom. The molecular formula is C15H13N3. The van der Waals surface area contributed by atoms with Crippen LogP contribution in [0, 0.1) is 6.92 Å². The first kappa shape index (κ1) is 10.7. The number of nitrogens with zero attached hydrogens (tertiary/aromatic N) is 2. The van der Waals surface area contributed by atoms with Crippen molar-refractivity contribution in [1.29, 1.82) is 0 Å². The number of nitrogen functional groups attached to an aromatic ring is 1. The fourth-order valence-electron chi connectivity index (χ4n) is 1.92. The SMILES string of the molecule is Cc1cnc(-c2ccc3ccccc3c2)nc1N. The lowest BCUT2D eigenvalue weighted by molar-refractivity contribution is 1.15. The topological polar surface area (TPSA) is 51.8 Å². The Hall–Kier alpha value is -2.42. The largest absolute Gasteiger partial charge is 0.383 e. The zero-order chi connectivity index (χ0) is 12.5. The van der Waals surface area contributed by atoms with Gasteiger partial charge in [-0.15, -0.1) is 0 Å². The predicted octanol–water partition coefficient (Wildman–Crippen LogP) is 3.19. The third kappa shape index (κ3) is 1.80. The minimum Gasteiger partial charge on any atom is -0.383 e. The lowest BCUT2D eigenvalue weighted by Gasteiger charge is -2.04. The van der Waals surface area contributed by atoms with Crippen LogP contribution >= 0.6 is 0 Å². The number of nitrogens with two attached hydrogens (primary N) is 1. The van der Waals surface area contributed by atoms with E-state index < -0.39 is 0 Å². The van der Waals surface area contributed by atoms with E-state index in [2.05, 4.69) is 34.2 Å². The normalized spacial score (nSPS) is 10.7. The van der Waals surface area contributed by atoms with Gasteiger partial charge in [-0.05, 0) is 23.8 Å². The van der Waals surface area contributed by atoms with Crippen molar-refractivity contribution in [2.24, 2.45) is 0 Å². The van der Waals surface area contributed by atoms with Crippen LogP contribution in [0.3, 0.4) is 0 Å². The van der Waals surface area contributed by atoms with Gasteiger partial charge in [-0.25, -0.2) is 9.97 Å². The molecule has 3 rings (SSSR count). The van der Waals surface area contributed by atoms with Crippen LogP contribution in [0.4, 0.5) is 5.82 Å². The van der Waals surface area contributed by atoms with Gasteiger partial charge in [0.05, 0.1) is 0 Å². The van der Waals surface area contributed by atoms with E-state index >= 15 is 0 Å². The highest BCUT2D eigenvalue weighted by atomic mass is 14.9. The van der Waals surface area contributed by atoms with Gasteiger partial charge in [0.2, 0.25) is 0 Å². The maximum absolute atomic E-state index is 5.82. The van der Waals surface area contributed by atoms with Gasteiger partial charge in [0, 0.05) is 17.3 Å². The van der Waals surface area contributed by atoms with E-state index in [4.69, 9.17) is 5.73 Å². The maximum atomic E-state index is 5.82. The van der Waals surface area contributed by atoms with Crippen LogP contribution < -0.4 is 5.73 Å². The van der Waals surface area contributed by atoms with E-state index in [1.165, 1.54) is 10.8 Å². The van der Waals surface area contributed by atoms with E-state index in [-0.39, 0.29) is 0 Å². The summed E-state index contributed by atoms with van der Waals surface area (Å²) in [5, 5.41) is 2.39. The molecule has 0 spiro atoms. The van der Waals surface area contributed by atoms with Crippen molar-refractivity contribution in [2.45, 2.75) is 6.92 Å². The van der Waals surface area contributed by atoms with Gasteiger partial charge in [0.1, 0.15) is 5.82 Å². The van der Waals surface area contributed by atoms with E-state index in [1.807, 2.05) is 25.1 Å². The van der Waals surface area contributed by atoms with Crippen molar-refractivity contribution < 1.29 is 0 Å². The lowest BCUT2D eigenvalue weighted by Crippen LogP contribution is -1.98. The highest BCUT2D eigenvalue weighted by molar-refractivity contribution is 5.86. The molecule has 0 saturated carbocycles. The summed E-state index contributed by atoms with van der Waals surface area (Å²) in [6, 6.07) is 14.4. The van der Waals surface area contributed by atoms with Gasteiger partial charge in [0.15, 0.2) is 5.82 Å². The monoisotopic (exact) mass is 235 g/mol. The van der Waals surface area contributed by atoms with E-state index in [0.717, 1.165) is 11.1 Å². The highest BCUT2D eigenvalue weighted by Gasteiger charge is 2.04. The fraction of sp³-hybridized carbons (Fsp3) is 0.0667. The Bertz CT molecular complexity index is 720. The van der Waals surface area contributed by atoms with Gasteiger partial charge in [-0.3, -0.25) is 0 Å². The summed E-state index contributed by atoms with van der Waals surface area (Å²) < 4.78 is 0. The molecule has 0 atom stereocenters. The number of fused-ring (bicyclic) bond motifs is 1. The third-order valence-electron chi connectivity index (χ3n) is 3.02. The number of benzene rings is 2. The van der Waals surface area contributed by atoms with Crippen LogP contribution in [0.5, 0.6) is 0 Å². The Balaban J connectivity index is 2.16. The minimum atomic E-state index is 0.535. The molecule has 2 N–H and O–H groups in total. The molecule has 3 nitrogen and oxygen atoms in total. The first-order valence-electron chi connectivity index (χ1n) is 5.82. The molecule has 0 radical (unpaired) electrons. The van der Waals surface area contributed by atoms with Crippen molar-refractivity contribution in [2.75, 3.05) is 5.73 Å². The molecule has 1 heterocycles. The number of hydrogen-bond donors (Lipinski definition) is 1. The third-order valence-corrected chi connectivity index (χ3v) is 3.02. The van der Waals surface area contributed by atoms with Crippen LogP contribution in [-0.2, 0) is 0 Å². The zero-order valence-corrected chi connectivity index (χ0v) is 10.1. The summed E-state index contributed by atoms with van der Waals surface area (Å²) in [5.74, 6) is 1.21. The number of hydrogen-bond acceptors (Lipinski definition) is 3. The molecule has 0 saturated heterocycles. The zero-order valence-electron chi connectivity index (χ0n) is 10.1. The van der Waals surface area contributed by atoms with Crippen molar-refractivity contribution in [1.82, 2.24) is 9.97 Å². The average molecular weight is 235 g/mol. The van der Waals surface area contributed by atoms with Crippen LogP contribution in [0.15, 0.2) is 48.7 Å². The smallest absolute Gasteiger partial charge is 0.161 e. The van der Waals surface area contributed by atoms with E-state index in [0.29, 0.717) is 11.6 Å². The second kappa shape index (κ2) is 4.11. The maximum Gasteiger partial charge on any atom is 0.161 e. The summed E-state index contributed by atoms with van der Waals surface area (Å²) in [5.41, 5.74) is 7.71. The van der Waals surface area contributed by atoms with Gasteiger partial charge < -0.3 is 5.73 Å². The molecule has 88 valence electrons. The Labute approximate surface area is 105 Å². The molecule has 0 unspecified atom stereocenters. The fourth-order valence-corrected chi connectivity index (χ4v) is 1.92. The van der Waals surface area contributed by atoms with Crippen molar-refractivity contribution in [3.63, 3.8) is 0 Å². The van der Waals surface area contributed by atoms with Crippen LogP contribution in [0.2, 0.25) is 0 Å². The van der Waals surface area contributed by atoms with E-state index in [1.54, 1.807) is 6.20 Å². The molecule has 0 amide bonds. The standard InChI is InChI=1S/C15H13N3/c1-10-9-17-15(18-14(10)16)13-7-6-11-4-2-3-5-12(11)8-13/h2-9H,1H3,(H2,16,17,18). The minimum absolute atomic E-state index is 0.535. The van der Waals surface area contributed by atoms with Gasteiger partial charge in [-0.2, -0.15) is 0 Å². The second-order valence-electron chi connectivity index (χ2n) is 4.32. The van der Waals surface area contributed by atoms with Crippen molar-refractivity contribution >= 4 is 16.6 Å². The summed E-state index contributed by atoms with van der Waals surface area (Å²) in [6.07, 6.45) is 1.76. The summed E-state index contributed by atoms with van der Waals surface area (Å²) >= 11 is 0. The number of anilines is 1. The quantitative estimate of drug-likeness (QED) is 0.704. The van der Waals surface area contributed by atoms with Gasteiger partial charge >= 0.3 is 0 Å². The summed E-state index contributed by atoms with van der Waals surface area (Å²) in [4.78, 5) is 8.64. The summed E-state index contributed by atoms with van der Waals surface area (Å²) in [7, 11) is 0. The van der Waals surface area contributed by atoms with Crippen LogP contribution in [0.1, 0.15) is 5.56 Å². The Morgan fingerprint density at radius 2 is 1.78 bits per heavy atom. The van der Waals surface area contributed by atoms with Crippen molar-refractivity contribution in [3.8, 4) is 11.4 Å². The highest BCUT2D eigenvalue weighted by Crippen LogP contribution is 2.22. The molecule has 3 heteroatoms. The molecule has 3 aromatic rings. The summed E-state index contributed by atoms with van der Waals surface area (Å²) in [6.45, 7) is 1.90. The lowest BCUT2D eigenvalue weighted by atomic mass is 10.1. The van der Waals surface area contributed by atoms with Crippen molar-refractivity contribution in [3.05, 3.63) is 54.2 Å². The second-order valence-corrected chi connectivity index (χ2v) is 4.32. The van der Waals surface area contributed by atoms with E-state index in [9.17, 15) is 0 Å². The molecule has 0 bridgehead atoms. The predicted molar refractivity (Wildman–Crippen MR) is 74.1 cm³/mol.